The van der Waals surface area contributed by atoms with Crippen molar-refractivity contribution >= 4 is 23.5 Å². The van der Waals surface area contributed by atoms with Crippen molar-refractivity contribution in [1.29, 1.82) is 0 Å². The molecule has 108 valence electrons. The zero-order valence-corrected chi connectivity index (χ0v) is 11.7. The summed E-state index contributed by atoms with van der Waals surface area (Å²) in [6, 6.07) is 5.18. The number of amides is 1. The number of rotatable bonds is 4. The second kappa shape index (κ2) is 6.72. The lowest BCUT2D eigenvalue weighted by Crippen LogP contribution is -2.48. The van der Waals surface area contributed by atoms with Gasteiger partial charge in [-0.3, -0.25) is 4.79 Å². The second-order valence-corrected chi connectivity index (χ2v) is 5.21. The number of hydrogen-bond acceptors (Lipinski definition) is 3. The van der Waals surface area contributed by atoms with Gasteiger partial charge in [0, 0.05) is 10.6 Å². The summed E-state index contributed by atoms with van der Waals surface area (Å²) in [7, 11) is 0. The summed E-state index contributed by atoms with van der Waals surface area (Å²) in [4.78, 5) is 23.5. The topological polar surface area (TPSA) is 78.4 Å². The molecule has 1 saturated heterocycles. The second-order valence-electron chi connectivity index (χ2n) is 4.80. The van der Waals surface area contributed by atoms with Gasteiger partial charge >= 0.3 is 5.97 Å². The Labute approximate surface area is 122 Å². The number of carbonyl (C=O) groups is 2. The molecular weight excluding hydrogens is 280 g/mol. The van der Waals surface area contributed by atoms with E-state index >= 15 is 0 Å². The predicted molar refractivity (Wildman–Crippen MR) is 75.6 cm³/mol. The highest BCUT2D eigenvalue weighted by molar-refractivity contribution is 6.31. The van der Waals surface area contributed by atoms with E-state index in [1.165, 1.54) is 0 Å². The van der Waals surface area contributed by atoms with E-state index in [9.17, 15) is 14.7 Å². The Morgan fingerprint density at radius 2 is 2.10 bits per heavy atom. The normalized spacial score (nSPS) is 20.1. The number of hydrogen-bond donors (Lipinski definition) is 3. The molecule has 0 aliphatic carbocycles. The molecule has 2 rings (SSSR count). The molecule has 5 nitrogen and oxygen atoms in total. The van der Waals surface area contributed by atoms with Gasteiger partial charge in [-0.05, 0) is 25.5 Å². The number of piperidine rings is 1. The van der Waals surface area contributed by atoms with Crippen molar-refractivity contribution in [3.63, 3.8) is 0 Å². The molecule has 0 spiro atoms. The lowest BCUT2D eigenvalue weighted by atomic mass is 10.0. The van der Waals surface area contributed by atoms with Gasteiger partial charge in [0.2, 0.25) is 5.91 Å². The van der Waals surface area contributed by atoms with Gasteiger partial charge in [-0.25, -0.2) is 4.79 Å². The molecular formula is C14H17ClN2O3. The van der Waals surface area contributed by atoms with Crippen molar-refractivity contribution in [3.05, 3.63) is 34.9 Å². The molecule has 1 aromatic rings. The fourth-order valence-corrected chi connectivity index (χ4v) is 2.55. The maximum Gasteiger partial charge on any atom is 0.330 e. The Morgan fingerprint density at radius 1 is 1.35 bits per heavy atom. The number of carbonyl (C=O) groups excluding carboxylic acids is 1. The fraction of sp³-hybridized carbons (Fsp3) is 0.429. The molecule has 1 aliphatic heterocycles. The van der Waals surface area contributed by atoms with Gasteiger partial charge < -0.3 is 15.7 Å². The summed E-state index contributed by atoms with van der Waals surface area (Å²) in [5.74, 6) is -1.42. The van der Waals surface area contributed by atoms with Crippen LogP contribution in [0.5, 0.6) is 0 Å². The van der Waals surface area contributed by atoms with Gasteiger partial charge in [0.1, 0.15) is 0 Å². The van der Waals surface area contributed by atoms with Crippen LogP contribution in [0.4, 0.5) is 0 Å². The third-order valence-electron chi connectivity index (χ3n) is 3.38. The highest BCUT2D eigenvalue weighted by Crippen LogP contribution is 2.23. The number of benzene rings is 1. The van der Waals surface area contributed by atoms with Crippen molar-refractivity contribution in [2.75, 3.05) is 6.54 Å². The highest BCUT2D eigenvalue weighted by atomic mass is 35.5. The summed E-state index contributed by atoms with van der Waals surface area (Å²) in [5, 5.41) is 15.3. The van der Waals surface area contributed by atoms with Crippen LogP contribution in [0, 0.1) is 0 Å². The van der Waals surface area contributed by atoms with Crippen LogP contribution in [0.1, 0.15) is 30.9 Å². The third-order valence-corrected chi connectivity index (χ3v) is 3.72. The molecule has 1 amide bonds. The molecule has 0 unspecified atom stereocenters. The number of halogens is 1. The van der Waals surface area contributed by atoms with Gasteiger partial charge in [0.25, 0.3) is 0 Å². The van der Waals surface area contributed by atoms with E-state index in [1.54, 1.807) is 24.3 Å². The molecule has 1 aliphatic rings. The van der Waals surface area contributed by atoms with Gasteiger partial charge in [-0.15, -0.1) is 0 Å². The van der Waals surface area contributed by atoms with E-state index in [0.717, 1.165) is 25.8 Å². The van der Waals surface area contributed by atoms with Gasteiger partial charge in [-0.2, -0.15) is 0 Å². The first kappa shape index (κ1) is 14.8. The maximum absolute atomic E-state index is 12.1. The van der Waals surface area contributed by atoms with Crippen molar-refractivity contribution in [1.82, 2.24) is 10.6 Å². The van der Waals surface area contributed by atoms with Crippen LogP contribution in [0.2, 0.25) is 5.02 Å². The Balaban J connectivity index is 2.12. The number of aliphatic carboxylic acids is 1. The summed E-state index contributed by atoms with van der Waals surface area (Å²) < 4.78 is 0. The largest absolute Gasteiger partial charge is 0.479 e. The Kier molecular flexibility index (Phi) is 4.98. The molecule has 20 heavy (non-hydrogen) atoms. The number of carboxylic acids is 1. The number of nitrogens with one attached hydrogen (secondary N) is 2. The zero-order chi connectivity index (χ0) is 14.5. The van der Waals surface area contributed by atoms with E-state index in [4.69, 9.17) is 11.6 Å². The van der Waals surface area contributed by atoms with Crippen molar-refractivity contribution < 1.29 is 14.7 Å². The molecule has 3 N–H and O–H groups in total. The van der Waals surface area contributed by atoms with Crippen LogP contribution >= 0.6 is 11.6 Å². The quantitative estimate of drug-likeness (QED) is 0.790. The van der Waals surface area contributed by atoms with E-state index in [-0.39, 0.29) is 11.9 Å². The van der Waals surface area contributed by atoms with Crippen LogP contribution in [0.25, 0.3) is 0 Å². The van der Waals surface area contributed by atoms with Crippen molar-refractivity contribution in [2.45, 2.75) is 31.3 Å². The molecule has 0 saturated carbocycles. The Morgan fingerprint density at radius 3 is 2.70 bits per heavy atom. The van der Waals surface area contributed by atoms with Crippen molar-refractivity contribution in [2.24, 2.45) is 0 Å². The molecule has 1 heterocycles. The lowest BCUT2D eigenvalue weighted by molar-refractivity contribution is -0.142. The monoisotopic (exact) mass is 296 g/mol. The third kappa shape index (κ3) is 3.49. The average Bonchev–Trinajstić information content (AvgIpc) is 2.46. The van der Waals surface area contributed by atoms with Crippen LogP contribution in [-0.4, -0.2) is 29.6 Å². The first-order chi connectivity index (χ1) is 9.59. The summed E-state index contributed by atoms with van der Waals surface area (Å²) >= 11 is 6.00. The van der Waals surface area contributed by atoms with E-state index in [2.05, 4.69) is 10.6 Å². The molecule has 0 aromatic heterocycles. The van der Waals surface area contributed by atoms with Crippen LogP contribution in [0.3, 0.4) is 0 Å². The van der Waals surface area contributed by atoms with Gasteiger partial charge in [0.05, 0.1) is 6.04 Å². The summed E-state index contributed by atoms with van der Waals surface area (Å²) in [5.41, 5.74) is 0.394. The highest BCUT2D eigenvalue weighted by Gasteiger charge is 2.28. The van der Waals surface area contributed by atoms with Crippen LogP contribution in [-0.2, 0) is 9.59 Å². The molecule has 6 heteroatoms. The SMILES string of the molecule is O=C(N[C@@H](C(=O)O)c1ccccc1Cl)[C@@H]1CCCCN1. The molecule has 0 radical (unpaired) electrons. The Bertz CT molecular complexity index is 501. The summed E-state index contributed by atoms with van der Waals surface area (Å²) in [6.45, 7) is 0.780. The smallest absolute Gasteiger partial charge is 0.330 e. The lowest BCUT2D eigenvalue weighted by Gasteiger charge is -2.25. The van der Waals surface area contributed by atoms with E-state index in [0.29, 0.717) is 10.6 Å². The maximum atomic E-state index is 12.1. The van der Waals surface area contributed by atoms with Gasteiger partial charge in [0.15, 0.2) is 6.04 Å². The fourth-order valence-electron chi connectivity index (χ4n) is 2.30. The standard InChI is InChI=1S/C14H17ClN2O3/c15-10-6-2-1-5-9(10)12(14(19)20)17-13(18)11-7-3-4-8-16-11/h1-2,5-6,11-12,16H,3-4,7-8H2,(H,17,18)(H,19,20)/t11-,12+/m0/s1. The minimum atomic E-state index is -1.13. The van der Waals surface area contributed by atoms with E-state index < -0.39 is 12.0 Å². The molecule has 1 aromatic carbocycles. The molecule has 1 fully saturated rings. The molecule has 2 atom stereocenters. The minimum Gasteiger partial charge on any atom is -0.479 e. The Hall–Kier alpha value is -1.59. The first-order valence-corrected chi connectivity index (χ1v) is 6.98. The van der Waals surface area contributed by atoms with Crippen LogP contribution < -0.4 is 10.6 Å². The molecule has 0 bridgehead atoms. The van der Waals surface area contributed by atoms with Gasteiger partial charge in [-0.1, -0.05) is 36.2 Å². The predicted octanol–water partition coefficient (Wildman–Crippen LogP) is 1.72. The zero-order valence-electron chi connectivity index (χ0n) is 10.9. The van der Waals surface area contributed by atoms with E-state index in [1.807, 2.05) is 0 Å². The minimum absolute atomic E-state index is 0.294. The van der Waals surface area contributed by atoms with Crippen molar-refractivity contribution in [3.8, 4) is 0 Å². The number of carboxylic acid groups (broad SMARTS) is 1. The first-order valence-electron chi connectivity index (χ1n) is 6.60. The summed E-state index contributed by atoms with van der Waals surface area (Å²) in [6.07, 6.45) is 2.73. The average molecular weight is 297 g/mol. The van der Waals surface area contributed by atoms with Crippen LogP contribution in [0.15, 0.2) is 24.3 Å².